The fraction of sp³-hybridized carbons (Fsp3) is 0.300. The number of rotatable bonds is 8. The van der Waals surface area contributed by atoms with Gasteiger partial charge in [0.15, 0.2) is 6.61 Å². The van der Waals surface area contributed by atoms with Gasteiger partial charge < -0.3 is 10.1 Å². The van der Waals surface area contributed by atoms with Gasteiger partial charge in [0.05, 0.1) is 16.5 Å². The van der Waals surface area contributed by atoms with Crippen LogP contribution in [-0.4, -0.2) is 23.4 Å². The Kier molecular flexibility index (Phi) is 7.52. The van der Waals surface area contributed by atoms with Crippen LogP contribution in [0.3, 0.4) is 0 Å². The number of halogens is 1. The predicted octanol–water partition coefficient (Wildman–Crippen LogP) is 4.31. The van der Waals surface area contributed by atoms with Crippen LogP contribution in [0.2, 0.25) is 5.02 Å². The summed E-state index contributed by atoms with van der Waals surface area (Å²) < 4.78 is 4.99. The van der Waals surface area contributed by atoms with Gasteiger partial charge in [-0.1, -0.05) is 55.8 Å². The molecule has 2 aromatic carbocycles. The summed E-state index contributed by atoms with van der Waals surface area (Å²) in [6.45, 7) is 3.61. The normalized spacial score (nSPS) is 11.7. The molecule has 0 aliphatic carbocycles. The molecule has 0 radical (unpaired) electrons. The maximum atomic E-state index is 12.3. The molecule has 1 N–H and O–H groups in total. The average molecular weight is 405 g/mol. The number of nitro benzene ring substituents is 1. The molecule has 0 spiro atoms. The van der Waals surface area contributed by atoms with Crippen LogP contribution in [0.25, 0.3) is 0 Å². The van der Waals surface area contributed by atoms with Crippen molar-refractivity contribution in [1.82, 2.24) is 5.32 Å². The minimum absolute atomic E-state index is 0.0503. The molecule has 0 aliphatic rings. The largest absolute Gasteiger partial charge is 0.452 e. The van der Waals surface area contributed by atoms with Gasteiger partial charge >= 0.3 is 5.97 Å². The highest BCUT2D eigenvalue weighted by Crippen LogP contribution is 2.25. The Morgan fingerprint density at radius 3 is 2.46 bits per heavy atom. The van der Waals surface area contributed by atoms with Crippen molar-refractivity contribution in [3.05, 3.63) is 74.8 Å². The van der Waals surface area contributed by atoms with E-state index >= 15 is 0 Å². The first-order valence-corrected chi connectivity index (χ1v) is 9.11. The number of carbonyl (C=O) groups is 2. The summed E-state index contributed by atoms with van der Waals surface area (Å²) in [5.41, 5.74) is 0.511. The number of nitrogens with zero attached hydrogens (tertiary/aromatic N) is 1. The fourth-order valence-electron chi connectivity index (χ4n) is 2.67. The van der Waals surface area contributed by atoms with E-state index in [0.717, 1.165) is 18.1 Å². The zero-order chi connectivity index (χ0) is 20.7. The summed E-state index contributed by atoms with van der Waals surface area (Å²) in [5, 5.41) is 13.7. The first-order valence-electron chi connectivity index (χ1n) is 8.73. The number of ether oxygens (including phenoxy) is 1. The zero-order valence-electron chi connectivity index (χ0n) is 15.6. The lowest BCUT2D eigenvalue weighted by molar-refractivity contribution is -0.384. The standard InChI is InChI=1S/C20H21ClN2O5/c1-13(2)10-17(14-6-4-3-5-7-14)22-19(24)12-28-20(25)15-8-9-16(21)18(11-15)23(26)27/h3-9,11,13,17H,10,12H2,1-2H3,(H,22,24)/t17-/m1/s1. The van der Waals surface area contributed by atoms with Crippen LogP contribution < -0.4 is 5.32 Å². The van der Waals surface area contributed by atoms with E-state index in [9.17, 15) is 19.7 Å². The van der Waals surface area contributed by atoms with Crippen molar-refractivity contribution in [2.75, 3.05) is 6.61 Å². The third-order valence-corrected chi connectivity index (χ3v) is 4.28. The molecule has 0 bridgehead atoms. The summed E-state index contributed by atoms with van der Waals surface area (Å²) in [6.07, 6.45) is 0.729. The molecule has 8 heteroatoms. The Labute approximate surface area is 167 Å². The molecular weight excluding hydrogens is 384 g/mol. The molecule has 0 saturated heterocycles. The molecule has 0 saturated carbocycles. The Bertz CT molecular complexity index is 855. The monoisotopic (exact) mass is 404 g/mol. The van der Waals surface area contributed by atoms with Crippen molar-refractivity contribution in [1.29, 1.82) is 0 Å². The van der Waals surface area contributed by atoms with Gasteiger partial charge in [-0.3, -0.25) is 14.9 Å². The predicted molar refractivity (Wildman–Crippen MR) is 105 cm³/mol. The Morgan fingerprint density at radius 1 is 1.18 bits per heavy atom. The third-order valence-electron chi connectivity index (χ3n) is 3.96. The van der Waals surface area contributed by atoms with Crippen LogP contribution in [-0.2, 0) is 9.53 Å². The van der Waals surface area contributed by atoms with Gasteiger partial charge in [0.25, 0.3) is 11.6 Å². The summed E-state index contributed by atoms with van der Waals surface area (Å²) >= 11 is 5.72. The van der Waals surface area contributed by atoms with Crippen LogP contribution >= 0.6 is 11.6 Å². The molecular formula is C20H21ClN2O5. The number of benzene rings is 2. The number of esters is 1. The highest BCUT2D eigenvalue weighted by atomic mass is 35.5. The zero-order valence-corrected chi connectivity index (χ0v) is 16.3. The van der Waals surface area contributed by atoms with Crippen molar-refractivity contribution in [2.45, 2.75) is 26.3 Å². The molecule has 2 aromatic rings. The van der Waals surface area contributed by atoms with E-state index in [1.807, 2.05) is 30.3 Å². The lowest BCUT2D eigenvalue weighted by Gasteiger charge is -2.21. The Balaban J connectivity index is 1.99. The minimum atomic E-state index is -0.838. The Morgan fingerprint density at radius 2 is 1.86 bits per heavy atom. The smallest absolute Gasteiger partial charge is 0.338 e. The van der Waals surface area contributed by atoms with Gasteiger partial charge in [-0.25, -0.2) is 4.79 Å². The number of nitrogens with one attached hydrogen (secondary N) is 1. The van der Waals surface area contributed by atoms with Crippen molar-refractivity contribution >= 4 is 29.2 Å². The van der Waals surface area contributed by atoms with E-state index in [-0.39, 0.29) is 16.6 Å². The topological polar surface area (TPSA) is 98.5 Å². The van der Waals surface area contributed by atoms with E-state index in [1.54, 1.807) is 0 Å². The first kappa shape index (κ1) is 21.4. The molecule has 0 fully saturated rings. The average Bonchev–Trinajstić information content (AvgIpc) is 2.66. The van der Waals surface area contributed by atoms with Gasteiger partial charge in [0.1, 0.15) is 5.02 Å². The second kappa shape index (κ2) is 9.85. The van der Waals surface area contributed by atoms with Crippen molar-refractivity contribution in [3.8, 4) is 0 Å². The van der Waals surface area contributed by atoms with Crippen molar-refractivity contribution in [2.24, 2.45) is 5.92 Å². The molecule has 1 amide bonds. The maximum absolute atomic E-state index is 12.3. The molecule has 28 heavy (non-hydrogen) atoms. The molecule has 2 rings (SSSR count). The summed E-state index contributed by atoms with van der Waals surface area (Å²) in [6, 6.07) is 12.9. The molecule has 1 atom stereocenters. The lowest BCUT2D eigenvalue weighted by atomic mass is 9.97. The molecule has 148 valence electrons. The van der Waals surface area contributed by atoms with E-state index in [2.05, 4.69) is 19.2 Å². The first-order chi connectivity index (χ1) is 13.3. The second-order valence-corrected chi connectivity index (χ2v) is 7.07. The summed E-state index contributed by atoms with van der Waals surface area (Å²) in [5.74, 6) is -0.941. The summed E-state index contributed by atoms with van der Waals surface area (Å²) in [7, 11) is 0. The van der Waals surface area contributed by atoms with E-state index in [1.165, 1.54) is 12.1 Å². The van der Waals surface area contributed by atoms with E-state index in [4.69, 9.17) is 16.3 Å². The number of carbonyl (C=O) groups excluding carboxylic acids is 2. The molecule has 0 heterocycles. The van der Waals surface area contributed by atoms with E-state index in [0.29, 0.717) is 5.92 Å². The van der Waals surface area contributed by atoms with Crippen LogP contribution in [0, 0.1) is 16.0 Å². The molecule has 0 unspecified atom stereocenters. The van der Waals surface area contributed by atoms with E-state index < -0.39 is 29.1 Å². The van der Waals surface area contributed by atoms with Gasteiger partial charge in [0, 0.05) is 6.07 Å². The van der Waals surface area contributed by atoms with Crippen LogP contribution in [0.1, 0.15) is 42.2 Å². The SMILES string of the molecule is CC(C)C[C@@H](NC(=O)COC(=O)c1ccc(Cl)c([N+](=O)[O-])c1)c1ccccc1. The highest BCUT2D eigenvalue weighted by Gasteiger charge is 2.20. The number of amides is 1. The number of hydrogen-bond acceptors (Lipinski definition) is 5. The number of nitro groups is 1. The lowest BCUT2D eigenvalue weighted by Crippen LogP contribution is -2.33. The fourth-order valence-corrected chi connectivity index (χ4v) is 2.85. The van der Waals surface area contributed by atoms with Crippen molar-refractivity contribution < 1.29 is 19.2 Å². The summed E-state index contributed by atoms with van der Waals surface area (Å²) in [4.78, 5) is 34.6. The third kappa shape index (κ3) is 6.06. The minimum Gasteiger partial charge on any atom is -0.452 e. The van der Waals surface area contributed by atoms with Gasteiger partial charge in [0.2, 0.25) is 0 Å². The molecule has 7 nitrogen and oxygen atoms in total. The van der Waals surface area contributed by atoms with Gasteiger partial charge in [-0.05, 0) is 30.0 Å². The number of hydrogen-bond donors (Lipinski definition) is 1. The van der Waals surface area contributed by atoms with Crippen LogP contribution in [0.5, 0.6) is 0 Å². The quantitative estimate of drug-likeness (QED) is 0.401. The van der Waals surface area contributed by atoms with Gasteiger partial charge in [-0.2, -0.15) is 0 Å². The molecule has 0 aromatic heterocycles. The van der Waals surface area contributed by atoms with Crippen LogP contribution in [0.4, 0.5) is 5.69 Å². The molecule has 0 aliphatic heterocycles. The Hall–Kier alpha value is -2.93. The maximum Gasteiger partial charge on any atom is 0.338 e. The highest BCUT2D eigenvalue weighted by molar-refractivity contribution is 6.32. The van der Waals surface area contributed by atoms with Crippen molar-refractivity contribution in [3.63, 3.8) is 0 Å². The van der Waals surface area contributed by atoms with Gasteiger partial charge in [-0.15, -0.1) is 0 Å². The second-order valence-electron chi connectivity index (χ2n) is 6.66. The van der Waals surface area contributed by atoms with Crippen LogP contribution in [0.15, 0.2) is 48.5 Å².